The second kappa shape index (κ2) is 4.87. The molecule has 14 heavy (non-hydrogen) atoms. The molecule has 1 aromatic carbocycles. The van der Waals surface area contributed by atoms with Crippen LogP contribution in [0.2, 0.25) is 0 Å². The van der Waals surface area contributed by atoms with Gasteiger partial charge in [-0.3, -0.25) is 0 Å². The predicted molar refractivity (Wildman–Crippen MR) is 52.1 cm³/mol. The van der Waals surface area contributed by atoms with Gasteiger partial charge in [0.05, 0.1) is 18.1 Å². The van der Waals surface area contributed by atoms with E-state index in [1.807, 2.05) is 6.07 Å². The third kappa shape index (κ3) is 2.79. The Morgan fingerprint density at radius 2 is 2.36 bits per heavy atom. The number of rotatable bonds is 4. The Hall–Kier alpha value is -2.02. The largest absolute Gasteiger partial charge is 0.478 e. The Kier molecular flexibility index (Phi) is 3.50. The number of aromatic carboxylic acids is 1. The van der Waals surface area contributed by atoms with Gasteiger partial charge in [-0.1, -0.05) is 6.07 Å². The lowest BCUT2D eigenvalue weighted by molar-refractivity contribution is 0.0697. The number of nitrogens with zero attached hydrogens (tertiary/aromatic N) is 1. The van der Waals surface area contributed by atoms with E-state index in [9.17, 15) is 4.79 Å². The Bertz CT molecular complexity index is 369. The molecule has 0 amide bonds. The van der Waals surface area contributed by atoms with E-state index in [0.29, 0.717) is 13.0 Å². The number of nitriles is 1. The van der Waals surface area contributed by atoms with Gasteiger partial charge in [0, 0.05) is 12.2 Å². The highest BCUT2D eigenvalue weighted by Gasteiger charge is 2.01. The lowest BCUT2D eigenvalue weighted by Gasteiger charge is -2.03. The van der Waals surface area contributed by atoms with E-state index in [2.05, 4.69) is 5.32 Å². The van der Waals surface area contributed by atoms with Crippen LogP contribution in [0.4, 0.5) is 5.69 Å². The first kappa shape index (κ1) is 10.1. The van der Waals surface area contributed by atoms with Crippen molar-refractivity contribution < 1.29 is 9.90 Å². The molecule has 1 rings (SSSR count). The van der Waals surface area contributed by atoms with Gasteiger partial charge in [-0.25, -0.2) is 4.79 Å². The maximum absolute atomic E-state index is 10.6. The van der Waals surface area contributed by atoms with Crippen molar-refractivity contribution in [2.75, 3.05) is 11.9 Å². The molecule has 0 bridgehead atoms. The Balaban J connectivity index is 2.65. The summed E-state index contributed by atoms with van der Waals surface area (Å²) in [4.78, 5) is 10.6. The predicted octanol–water partition coefficient (Wildman–Crippen LogP) is 1.71. The summed E-state index contributed by atoms with van der Waals surface area (Å²) in [7, 11) is 0. The van der Waals surface area contributed by atoms with Crippen LogP contribution in [0.5, 0.6) is 0 Å². The minimum absolute atomic E-state index is 0.243. The summed E-state index contributed by atoms with van der Waals surface area (Å²) in [5, 5.41) is 20.0. The van der Waals surface area contributed by atoms with Gasteiger partial charge in [-0.2, -0.15) is 5.26 Å². The van der Waals surface area contributed by atoms with Crippen LogP contribution in [0.1, 0.15) is 16.8 Å². The zero-order valence-electron chi connectivity index (χ0n) is 7.53. The molecule has 0 spiro atoms. The highest BCUT2D eigenvalue weighted by atomic mass is 16.4. The number of carboxylic acids is 1. The van der Waals surface area contributed by atoms with Crippen LogP contribution in [-0.2, 0) is 0 Å². The van der Waals surface area contributed by atoms with Crippen LogP contribution in [0.15, 0.2) is 24.3 Å². The van der Waals surface area contributed by atoms with E-state index in [1.54, 1.807) is 18.2 Å². The number of nitrogens with one attached hydrogen (secondary N) is 1. The summed E-state index contributed by atoms with van der Waals surface area (Å²) in [5.41, 5.74) is 0.965. The highest BCUT2D eigenvalue weighted by Crippen LogP contribution is 2.10. The molecule has 0 atom stereocenters. The summed E-state index contributed by atoms with van der Waals surface area (Å²) in [6, 6.07) is 8.50. The summed E-state index contributed by atoms with van der Waals surface area (Å²) in [6.07, 6.45) is 0.400. The monoisotopic (exact) mass is 190 g/mol. The van der Waals surface area contributed by atoms with Crippen molar-refractivity contribution >= 4 is 11.7 Å². The molecule has 1 aromatic rings. The van der Waals surface area contributed by atoms with E-state index in [-0.39, 0.29) is 5.56 Å². The lowest BCUT2D eigenvalue weighted by atomic mass is 10.2. The summed E-state index contributed by atoms with van der Waals surface area (Å²) in [5.74, 6) is -0.950. The second-order valence-corrected chi connectivity index (χ2v) is 2.72. The Morgan fingerprint density at radius 1 is 1.57 bits per heavy atom. The molecular weight excluding hydrogens is 180 g/mol. The molecule has 0 saturated carbocycles. The van der Waals surface area contributed by atoms with Gasteiger partial charge in [0.25, 0.3) is 0 Å². The zero-order valence-corrected chi connectivity index (χ0v) is 7.53. The van der Waals surface area contributed by atoms with Gasteiger partial charge < -0.3 is 10.4 Å². The van der Waals surface area contributed by atoms with Gasteiger partial charge in [-0.05, 0) is 18.2 Å². The molecule has 72 valence electrons. The van der Waals surface area contributed by atoms with Crippen LogP contribution in [0.3, 0.4) is 0 Å². The van der Waals surface area contributed by atoms with Crippen molar-refractivity contribution in [3.8, 4) is 6.07 Å². The quantitative estimate of drug-likeness (QED) is 0.709. The van der Waals surface area contributed by atoms with Gasteiger partial charge >= 0.3 is 5.97 Å². The van der Waals surface area contributed by atoms with Crippen LogP contribution in [0.25, 0.3) is 0 Å². The topological polar surface area (TPSA) is 73.1 Å². The smallest absolute Gasteiger partial charge is 0.335 e. The molecule has 4 heteroatoms. The summed E-state index contributed by atoms with van der Waals surface area (Å²) in [6.45, 7) is 0.527. The number of hydrogen-bond donors (Lipinski definition) is 2. The molecular formula is C10H10N2O2. The number of benzene rings is 1. The minimum atomic E-state index is -0.950. The van der Waals surface area contributed by atoms with Crippen LogP contribution >= 0.6 is 0 Å². The fourth-order valence-electron chi connectivity index (χ4n) is 1.02. The highest BCUT2D eigenvalue weighted by molar-refractivity contribution is 5.88. The molecule has 0 unspecified atom stereocenters. The van der Waals surface area contributed by atoms with E-state index < -0.39 is 5.97 Å². The summed E-state index contributed by atoms with van der Waals surface area (Å²) < 4.78 is 0. The second-order valence-electron chi connectivity index (χ2n) is 2.72. The van der Waals surface area contributed by atoms with Crippen molar-refractivity contribution in [2.45, 2.75) is 6.42 Å². The average Bonchev–Trinajstić information content (AvgIpc) is 2.19. The number of anilines is 1. The van der Waals surface area contributed by atoms with Crippen molar-refractivity contribution in [3.63, 3.8) is 0 Å². The van der Waals surface area contributed by atoms with Gasteiger partial charge in [0.1, 0.15) is 0 Å². The third-order valence-corrected chi connectivity index (χ3v) is 1.68. The fraction of sp³-hybridized carbons (Fsp3) is 0.200. The molecule has 0 radical (unpaired) electrons. The molecule has 0 aromatic heterocycles. The zero-order chi connectivity index (χ0) is 10.4. The minimum Gasteiger partial charge on any atom is -0.478 e. The maximum atomic E-state index is 10.6. The fourth-order valence-corrected chi connectivity index (χ4v) is 1.02. The SMILES string of the molecule is N#CCCNc1cccc(C(=O)O)c1. The van der Waals surface area contributed by atoms with Crippen LogP contribution in [0, 0.1) is 11.3 Å². The number of carbonyl (C=O) groups is 1. The normalized spacial score (nSPS) is 9.07. The molecule has 0 fully saturated rings. The van der Waals surface area contributed by atoms with Crippen LogP contribution < -0.4 is 5.32 Å². The Morgan fingerprint density at radius 3 is 3.00 bits per heavy atom. The van der Waals surface area contributed by atoms with E-state index in [0.717, 1.165) is 5.69 Å². The lowest BCUT2D eigenvalue weighted by Crippen LogP contribution is -2.02. The molecule has 0 aliphatic rings. The molecule has 0 saturated heterocycles. The average molecular weight is 190 g/mol. The van der Waals surface area contributed by atoms with E-state index >= 15 is 0 Å². The first-order chi connectivity index (χ1) is 6.74. The van der Waals surface area contributed by atoms with Crippen molar-refractivity contribution in [2.24, 2.45) is 0 Å². The first-order valence-electron chi connectivity index (χ1n) is 4.18. The Labute approximate surface area is 81.8 Å². The summed E-state index contributed by atoms with van der Waals surface area (Å²) >= 11 is 0. The standard InChI is InChI=1S/C10H10N2O2/c11-5-2-6-12-9-4-1-3-8(7-9)10(13)14/h1,3-4,7,12H,2,6H2,(H,13,14). The van der Waals surface area contributed by atoms with Crippen molar-refractivity contribution in [1.29, 1.82) is 5.26 Å². The number of hydrogen-bond acceptors (Lipinski definition) is 3. The van der Waals surface area contributed by atoms with Gasteiger partial charge in [0.2, 0.25) is 0 Å². The molecule has 0 aliphatic carbocycles. The van der Waals surface area contributed by atoms with Crippen molar-refractivity contribution in [3.05, 3.63) is 29.8 Å². The number of carboxylic acid groups (broad SMARTS) is 1. The molecule has 4 nitrogen and oxygen atoms in total. The van der Waals surface area contributed by atoms with E-state index in [1.165, 1.54) is 6.07 Å². The van der Waals surface area contributed by atoms with Crippen molar-refractivity contribution in [1.82, 2.24) is 0 Å². The molecule has 0 heterocycles. The third-order valence-electron chi connectivity index (χ3n) is 1.68. The maximum Gasteiger partial charge on any atom is 0.335 e. The molecule has 2 N–H and O–H groups in total. The van der Waals surface area contributed by atoms with E-state index in [4.69, 9.17) is 10.4 Å². The van der Waals surface area contributed by atoms with Gasteiger partial charge in [-0.15, -0.1) is 0 Å². The first-order valence-corrected chi connectivity index (χ1v) is 4.18. The van der Waals surface area contributed by atoms with Crippen LogP contribution in [-0.4, -0.2) is 17.6 Å². The molecule has 0 aliphatic heterocycles. The van der Waals surface area contributed by atoms with Gasteiger partial charge in [0.15, 0.2) is 0 Å².